The summed E-state index contributed by atoms with van der Waals surface area (Å²) in [6, 6.07) is 6.34. The van der Waals surface area contributed by atoms with Gasteiger partial charge in [-0.25, -0.2) is 0 Å². The highest BCUT2D eigenvalue weighted by Gasteiger charge is 2.24. The Morgan fingerprint density at radius 2 is 1.84 bits per heavy atom. The summed E-state index contributed by atoms with van der Waals surface area (Å²) >= 11 is 0. The highest BCUT2D eigenvalue weighted by molar-refractivity contribution is 5.34. The zero-order chi connectivity index (χ0) is 13.9. The Morgan fingerprint density at radius 3 is 2.47 bits per heavy atom. The van der Waals surface area contributed by atoms with Crippen LogP contribution in [0, 0.1) is 13.8 Å². The van der Waals surface area contributed by atoms with Gasteiger partial charge in [0.05, 0.1) is 0 Å². The monoisotopic (exact) mass is 262 g/mol. The number of ether oxygens (including phenoxy) is 1. The van der Waals surface area contributed by atoms with E-state index in [1.165, 1.54) is 11.1 Å². The predicted octanol–water partition coefficient (Wildman–Crippen LogP) is 2.37. The lowest BCUT2D eigenvalue weighted by molar-refractivity contribution is 0.0547. The second-order valence-electron chi connectivity index (χ2n) is 6.13. The highest BCUT2D eigenvalue weighted by atomic mass is 16.5. The van der Waals surface area contributed by atoms with Gasteiger partial charge in [-0.05, 0) is 51.0 Å². The molecule has 1 aromatic rings. The minimum Gasteiger partial charge on any atom is -0.487 e. The Bertz CT molecular complexity index is 423. The number of nitrogens with one attached hydrogen (secondary N) is 1. The van der Waals surface area contributed by atoms with Crippen molar-refractivity contribution >= 4 is 0 Å². The summed E-state index contributed by atoms with van der Waals surface area (Å²) in [5, 5.41) is 3.38. The van der Waals surface area contributed by atoms with E-state index in [1.54, 1.807) is 0 Å². The SMILES string of the molecule is Cc1ccc(OC(C)(C)CN2CCNCC2)cc1C. The Morgan fingerprint density at radius 1 is 1.16 bits per heavy atom. The third-order valence-corrected chi connectivity index (χ3v) is 3.69. The van der Waals surface area contributed by atoms with E-state index < -0.39 is 0 Å². The number of aryl methyl sites for hydroxylation is 2. The molecule has 0 bridgehead atoms. The fourth-order valence-corrected chi connectivity index (χ4v) is 2.54. The van der Waals surface area contributed by atoms with Crippen molar-refractivity contribution in [2.24, 2.45) is 0 Å². The molecule has 0 unspecified atom stereocenters. The molecule has 0 saturated carbocycles. The van der Waals surface area contributed by atoms with Crippen LogP contribution in [0.4, 0.5) is 0 Å². The summed E-state index contributed by atoms with van der Waals surface area (Å²) in [7, 11) is 0. The van der Waals surface area contributed by atoms with Crippen molar-refractivity contribution < 1.29 is 4.74 Å². The molecule has 2 rings (SSSR count). The third kappa shape index (κ3) is 4.22. The maximum Gasteiger partial charge on any atom is 0.120 e. The van der Waals surface area contributed by atoms with E-state index >= 15 is 0 Å². The van der Waals surface area contributed by atoms with Crippen LogP contribution >= 0.6 is 0 Å². The van der Waals surface area contributed by atoms with Crippen LogP contribution in [-0.4, -0.2) is 43.2 Å². The van der Waals surface area contributed by atoms with Crippen LogP contribution in [0.5, 0.6) is 5.75 Å². The van der Waals surface area contributed by atoms with Crippen molar-refractivity contribution in [2.45, 2.75) is 33.3 Å². The van der Waals surface area contributed by atoms with Gasteiger partial charge in [-0.3, -0.25) is 4.90 Å². The molecule has 1 saturated heterocycles. The van der Waals surface area contributed by atoms with E-state index in [-0.39, 0.29) is 5.60 Å². The minimum absolute atomic E-state index is 0.154. The molecule has 1 heterocycles. The van der Waals surface area contributed by atoms with Crippen molar-refractivity contribution in [1.82, 2.24) is 10.2 Å². The molecule has 1 aromatic carbocycles. The number of benzene rings is 1. The number of nitrogens with zero attached hydrogens (tertiary/aromatic N) is 1. The largest absolute Gasteiger partial charge is 0.487 e. The lowest BCUT2D eigenvalue weighted by Crippen LogP contribution is -2.50. The summed E-state index contributed by atoms with van der Waals surface area (Å²) in [5.41, 5.74) is 2.45. The fraction of sp³-hybridized carbons (Fsp3) is 0.625. The molecule has 0 aromatic heterocycles. The second kappa shape index (κ2) is 5.93. The first-order valence-corrected chi connectivity index (χ1v) is 7.16. The lowest BCUT2D eigenvalue weighted by Gasteiger charge is -2.35. The van der Waals surface area contributed by atoms with Crippen LogP contribution in [0.2, 0.25) is 0 Å². The van der Waals surface area contributed by atoms with Gasteiger partial charge in [0.2, 0.25) is 0 Å². The van der Waals surface area contributed by atoms with Crippen LogP contribution < -0.4 is 10.1 Å². The van der Waals surface area contributed by atoms with Gasteiger partial charge in [0.25, 0.3) is 0 Å². The van der Waals surface area contributed by atoms with Gasteiger partial charge in [-0.15, -0.1) is 0 Å². The Kier molecular flexibility index (Phi) is 4.48. The van der Waals surface area contributed by atoms with E-state index in [0.29, 0.717) is 0 Å². The van der Waals surface area contributed by atoms with E-state index in [4.69, 9.17) is 4.74 Å². The standard InChI is InChI=1S/C16H26N2O/c1-13-5-6-15(11-14(13)2)19-16(3,4)12-18-9-7-17-8-10-18/h5-6,11,17H,7-10,12H2,1-4H3. The van der Waals surface area contributed by atoms with Crippen molar-refractivity contribution in [3.05, 3.63) is 29.3 Å². The number of rotatable bonds is 4. The average Bonchev–Trinajstić information content (AvgIpc) is 2.34. The zero-order valence-electron chi connectivity index (χ0n) is 12.6. The summed E-state index contributed by atoms with van der Waals surface area (Å²) in [4.78, 5) is 2.47. The number of piperazine rings is 1. The van der Waals surface area contributed by atoms with Crippen LogP contribution in [0.1, 0.15) is 25.0 Å². The van der Waals surface area contributed by atoms with Gasteiger partial charge in [0, 0.05) is 32.7 Å². The van der Waals surface area contributed by atoms with Gasteiger partial charge in [0.15, 0.2) is 0 Å². The van der Waals surface area contributed by atoms with Crippen LogP contribution in [0.25, 0.3) is 0 Å². The van der Waals surface area contributed by atoms with Crippen molar-refractivity contribution in [3.63, 3.8) is 0 Å². The van der Waals surface area contributed by atoms with Gasteiger partial charge in [-0.2, -0.15) is 0 Å². The molecule has 0 amide bonds. The molecule has 0 atom stereocenters. The molecular formula is C16H26N2O. The Labute approximate surface area is 116 Å². The molecule has 1 N–H and O–H groups in total. The van der Waals surface area contributed by atoms with E-state index in [9.17, 15) is 0 Å². The van der Waals surface area contributed by atoms with Crippen molar-refractivity contribution in [1.29, 1.82) is 0 Å². The maximum atomic E-state index is 6.18. The van der Waals surface area contributed by atoms with Crippen LogP contribution in [0.15, 0.2) is 18.2 Å². The van der Waals surface area contributed by atoms with Gasteiger partial charge in [-0.1, -0.05) is 6.07 Å². The lowest BCUT2D eigenvalue weighted by atomic mass is 10.1. The molecule has 3 heteroatoms. The molecule has 19 heavy (non-hydrogen) atoms. The topological polar surface area (TPSA) is 24.5 Å². The average molecular weight is 262 g/mol. The van der Waals surface area contributed by atoms with Crippen molar-refractivity contribution in [3.8, 4) is 5.75 Å². The smallest absolute Gasteiger partial charge is 0.120 e. The third-order valence-electron chi connectivity index (χ3n) is 3.69. The molecule has 3 nitrogen and oxygen atoms in total. The van der Waals surface area contributed by atoms with Gasteiger partial charge >= 0.3 is 0 Å². The van der Waals surface area contributed by atoms with E-state index in [2.05, 4.69) is 56.1 Å². The number of hydrogen-bond donors (Lipinski definition) is 1. The normalized spacial score (nSPS) is 17.5. The molecule has 0 spiro atoms. The Hall–Kier alpha value is -1.06. The number of hydrogen-bond acceptors (Lipinski definition) is 3. The quantitative estimate of drug-likeness (QED) is 0.901. The maximum absolute atomic E-state index is 6.18. The first-order valence-electron chi connectivity index (χ1n) is 7.16. The van der Waals surface area contributed by atoms with E-state index in [0.717, 1.165) is 38.5 Å². The molecule has 0 aliphatic carbocycles. The second-order valence-corrected chi connectivity index (χ2v) is 6.13. The first-order chi connectivity index (χ1) is 8.96. The summed E-state index contributed by atoms with van der Waals surface area (Å²) < 4.78 is 6.18. The van der Waals surface area contributed by atoms with Gasteiger partial charge in [0.1, 0.15) is 11.4 Å². The van der Waals surface area contributed by atoms with E-state index in [1.807, 2.05) is 0 Å². The molecule has 0 radical (unpaired) electrons. The zero-order valence-corrected chi connectivity index (χ0v) is 12.6. The van der Waals surface area contributed by atoms with Crippen LogP contribution in [-0.2, 0) is 0 Å². The summed E-state index contributed by atoms with van der Waals surface area (Å²) in [6.07, 6.45) is 0. The first kappa shape index (κ1) is 14.4. The predicted molar refractivity (Wildman–Crippen MR) is 79.9 cm³/mol. The molecule has 1 aliphatic heterocycles. The van der Waals surface area contributed by atoms with Crippen molar-refractivity contribution in [2.75, 3.05) is 32.7 Å². The molecular weight excluding hydrogens is 236 g/mol. The summed E-state index contributed by atoms with van der Waals surface area (Å²) in [5.74, 6) is 0.975. The Balaban J connectivity index is 1.96. The van der Waals surface area contributed by atoms with Gasteiger partial charge < -0.3 is 10.1 Å². The molecule has 1 fully saturated rings. The molecule has 1 aliphatic rings. The molecule has 106 valence electrons. The van der Waals surface area contributed by atoms with Crippen LogP contribution in [0.3, 0.4) is 0 Å². The minimum atomic E-state index is -0.154. The fourth-order valence-electron chi connectivity index (χ4n) is 2.54. The summed E-state index contributed by atoms with van der Waals surface area (Å²) in [6.45, 7) is 14.0. The highest BCUT2D eigenvalue weighted by Crippen LogP contribution is 2.22.